The summed E-state index contributed by atoms with van der Waals surface area (Å²) in [5.74, 6) is -0.630. The number of fused-ring (bicyclic) bond motifs is 1. The number of amides is 1. The van der Waals surface area contributed by atoms with E-state index in [-0.39, 0.29) is 45.4 Å². The van der Waals surface area contributed by atoms with Crippen molar-refractivity contribution in [1.82, 2.24) is 20.1 Å². The number of hydrogen-bond acceptors (Lipinski definition) is 5. The topological polar surface area (TPSA) is 57.7 Å². The van der Waals surface area contributed by atoms with Crippen LogP contribution in [0.1, 0.15) is 72.1 Å². The SMILES string of the molecule is CCOc1ccc2nc(-c3cccc(C(F)(F)F)c3)c(CN3CCC(N4CCCCC4)CC3)c(C(=O)NC(c3ccccc3)C(F)(F)F)c2c1. The van der Waals surface area contributed by atoms with Crippen LogP contribution >= 0.6 is 0 Å². The van der Waals surface area contributed by atoms with E-state index in [1.54, 1.807) is 31.2 Å². The predicted molar refractivity (Wildman–Crippen MR) is 180 cm³/mol. The van der Waals surface area contributed by atoms with Crippen LogP contribution in [0.25, 0.3) is 22.2 Å². The molecule has 1 unspecified atom stereocenters. The quantitative estimate of drug-likeness (QED) is 0.177. The Bertz CT molecular complexity index is 1780. The molecule has 6 nitrogen and oxygen atoms in total. The number of benzene rings is 3. The van der Waals surface area contributed by atoms with Crippen molar-refractivity contribution in [2.75, 3.05) is 32.8 Å². The Morgan fingerprint density at radius 2 is 1.62 bits per heavy atom. The number of piperidine rings is 2. The largest absolute Gasteiger partial charge is 0.494 e. The fourth-order valence-electron chi connectivity index (χ4n) is 7.19. The summed E-state index contributed by atoms with van der Waals surface area (Å²) < 4.78 is 91.1. The molecule has 266 valence electrons. The molecule has 2 saturated heterocycles. The lowest BCUT2D eigenvalue weighted by atomic mass is 9.93. The first-order chi connectivity index (χ1) is 23.9. The number of carbonyl (C=O) groups excluding carboxylic acids is 1. The van der Waals surface area contributed by atoms with Gasteiger partial charge in [-0.15, -0.1) is 0 Å². The number of hydrogen-bond donors (Lipinski definition) is 1. The lowest BCUT2D eigenvalue weighted by molar-refractivity contribution is -0.155. The highest BCUT2D eigenvalue weighted by Gasteiger charge is 2.43. The molecule has 2 fully saturated rings. The molecule has 0 bridgehead atoms. The molecule has 12 heteroatoms. The maximum atomic E-state index is 14.6. The summed E-state index contributed by atoms with van der Waals surface area (Å²) in [6, 6.07) is 14.6. The molecule has 50 heavy (non-hydrogen) atoms. The van der Waals surface area contributed by atoms with Gasteiger partial charge in [-0.05, 0) is 94.7 Å². The van der Waals surface area contributed by atoms with Gasteiger partial charge in [-0.25, -0.2) is 4.98 Å². The number of carbonyl (C=O) groups is 1. The Labute approximate surface area is 287 Å². The summed E-state index contributed by atoms with van der Waals surface area (Å²) in [5, 5.41) is 2.48. The van der Waals surface area contributed by atoms with Gasteiger partial charge in [0.2, 0.25) is 0 Å². The number of nitrogens with zero attached hydrogens (tertiary/aromatic N) is 3. The van der Waals surface area contributed by atoms with Crippen LogP contribution in [-0.4, -0.2) is 65.7 Å². The van der Waals surface area contributed by atoms with Gasteiger partial charge < -0.3 is 15.0 Å². The van der Waals surface area contributed by atoms with Gasteiger partial charge in [0.1, 0.15) is 5.75 Å². The lowest BCUT2D eigenvalue weighted by Crippen LogP contribution is -2.46. The average Bonchev–Trinajstić information content (AvgIpc) is 3.10. The summed E-state index contributed by atoms with van der Waals surface area (Å²) >= 11 is 0. The van der Waals surface area contributed by atoms with Crippen LogP contribution in [0.15, 0.2) is 72.8 Å². The second kappa shape index (κ2) is 15.0. The Hall–Kier alpha value is -4.16. The number of ether oxygens (including phenoxy) is 1. The van der Waals surface area contributed by atoms with Crippen LogP contribution < -0.4 is 10.1 Å². The van der Waals surface area contributed by atoms with Crippen LogP contribution in [0.3, 0.4) is 0 Å². The van der Waals surface area contributed by atoms with Gasteiger partial charge in [0, 0.05) is 29.1 Å². The number of aromatic nitrogens is 1. The van der Waals surface area contributed by atoms with Crippen molar-refractivity contribution in [2.24, 2.45) is 0 Å². The second-order valence-electron chi connectivity index (χ2n) is 13.0. The molecule has 4 aromatic rings. The standard InChI is InChI=1S/C38H40F6N4O2/c1-2-50-29-14-15-32-30(23-29)33(36(49)46-35(38(42,43)44)25-10-5-3-6-11-25)31(34(45-32)26-12-9-13-27(22-26)37(39,40)41)24-47-20-16-28(17-21-47)48-18-7-4-8-19-48/h3,5-6,9-15,22-23,28,35H,2,4,7-8,16-21,24H2,1H3,(H,46,49). The fourth-order valence-corrected chi connectivity index (χ4v) is 7.19. The Morgan fingerprint density at radius 1 is 0.900 bits per heavy atom. The molecule has 6 rings (SSSR count). The maximum absolute atomic E-state index is 14.6. The molecule has 2 aliphatic heterocycles. The zero-order valence-electron chi connectivity index (χ0n) is 27.8. The lowest BCUT2D eigenvalue weighted by Gasteiger charge is -2.40. The fraction of sp³-hybridized carbons (Fsp3) is 0.421. The van der Waals surface area contributed by atoms with E-state index in [0.717, 1.165) is 50.9 Å². The predicted octanol–water partition coefficient (Wildman–Crippen LogP) is 8.80. The van der Waals surface area contributed by atoms with Crippen molar-refractivity contribution in [3.63, 3.8) is 0 Å². The summed E-state index contributed by atoms with van der Waals surface area (Å²) in [4.78, 5) is 23.8. The van der Waals surface area contributed by atoms with Crippen LogP contribution in [-0.2, 0) is 12.7 Å². The van der Waals surface area contributed by atoms with Gasteiger partial charge in [-0.1, -0.05) is 48.9 Å². The van der Waals surface area contributed by atoms with Gasteiger partial charge in [-0.2, -0.15) is 26.3 Å². The Kier molecular flexibility index (Phi) is 10.7. The molecular weight excluding hydrogens is 658 g/mol. The molecule has 0 spiro atoms. The molecule has 0 saturated carbocycles. The van der Waals surface area contributed by atoms with Gasteiger partial charge in [0.25, 0.3) is 5.91 Å². The van der Waals surface area contributed by atoms with Gasteiger partial charge in [0.05, 0.1) is 28.9 Å². The van der Waals surface area contributed by atoms with Crippen molar-refractivity contribution >= 4 is 16.8 Å². The van der Waals surface area contributed by atoms with Gasteiger partial charge >= 0.3 is 12.4 Å². The molecule has 3 heterocycles. The van der Waals surface area contributed by atoms with Crippen molar-refractivity contribution in [2.45, 2.75) is 70.0 Å². The number of alkyl halides is 6. The zero-order chi connectivity index (χ0) is 35.5. The highest BCUT2D eigenvalue weighted by Crippen LogP contribution is 2.39. The van der Waals surface area contributed by atoms with Gasteiger partial charge in [0.15, 0.2) is 6.04 Å². The second-order valence-corrected chi connectivity index (χ2v) is 13.0. The van der Waals surface area contributed by atoms with Crippen molar-refractivity contribution in [3.05, 3.63) is 95.1 Å². The van der Waals surface area contributed by atoms with Crippen LogP contribution in [0.2, 0.25) is 0 Å². The smallest absolute Gasteiger partial charge is 0.416 e. The van der Waals surface area contributed by atoms with E-state index in [4.69, 9.17) is 9.72 Å². The van der Waals surface area contributed by atoms with E-state index in [1.807, 2.05) is 0 Å². The Morgan fingerprint density at radius 3 is 2.28 bits per heavy atom. The minimum atomic E-state index is -4.84. The highest BCUT2D eigenvalue weighted by molar-refractivity contribution is 6.09. The van der Waals surface area contributed by atoms with E-state index >= 15 is 0 Å². The summed E-state index contributed by atoms with van der Waals surface area (Å²) in [6.07, 6.45) is -4.22. The number of likely N-dealkylation sites (tertiary alicyclic amines) is 2. The molecule has 1 N–H and O–H groups in total. The molecule has 1 atom stereocenters. The van der Waals surface area contributed by atoms with Crippen molar-refractivity contribution < 1.29 is 35.9 Å². The number of rotatable bonds is 9. The molecule has 0 aliphatic carbocycles. The van der Waals surface area contributed by atoms with Gasteiger partial charge in [-0.3, -0.25) is 9.69 Å². The van der Waals surface area contributed by atoms with E-state index in [9.17, 15) is 31.1 Å². The minimum absolute atomic E-state index is 0.0766. The van der Waals surface area contributed by atoms with E-state index in [2.05, 4.69) is 15.1 Å². The zero-order valence-corrected chi connectivity index (χ0v) is 27.8. The van der Waals surface area contributed by atoms with E-state index in [1.165, 1.54) is 42.8 Å². The third-order valence-corrected chi connectivity index (χ3v) is 9.64. The van der Waals surface area contributed by atoms with Crippen LogP contribution in [0.5, 0.6) is 5.75 Å². The minimum Gasteiger partial charge on any atom is -0.494 e. The normalized spacial score (nSPS) is 17.5. The highest BCUT2D eigenvalue weighted by atomic mass is 19.4. The third kappa shape index (κ3) is 8.07. The maximum Gasteiger partial charge on any atom is 0.416 e. The molecule has 1 aromatic heterocycles. The first-order valence-electron chi connectivity index (χ1n) is 17.1. The Balaban J connectivity index is 1.49. The van der Waals surface area contributed by atoms with E-state index < -0.39 is 29.9 Å². The molecular formula is C38H40F6N4O2. The monoisotopic (exact) mass is 698 g/mol. The first-order valence-corrected chi connectivity index (χ1v) is 17.1. The van der Waals surface area contributed by atoms with Crippen molar-refractivity contribution in [1.29, 1.82) is 0 Å². The molecule has 0 radical (unpaired) electrons. The molecule has 2 aliphatic rings. The van der Waals surface area contributed by atoms with Crippen LogP contribution in [0, 0.1) is 0 Å². The summed E-state index contributed by atoms with van der Waals surface area (Å²) in [6.45, 7) is 5.57. The summed E-state index contributed by atoms with van der Waals surface area (Å²) in [5.41, 5.74) is -0.412. The first kappa shape index (κ1) is 35.7. The van der Waals surface area contributed by atoms with Crippen molar-refractivity contribution in [3.8, 4) is 17.0 Å². The number of pyridine rings is 1. The third-order valence-electron chi connectivity index (χ3n) is 9.64. The molecule has 1 amide bonds. The van der Waals surface area contributed by atoms with E-state index in [0.29, 0.717) is 31.5 Å². The summed E-state index contributed by atoms with van der Waals surface area (Å²) in [7, 11) is 0. The number of nitrogens with one attached hydrogen (secondary N) is 1. The van der Waals surface area contributed by atoms with Crippen LogP contribution in [0.4, 0.5) is 26.3 Å². The number of halogens is 6. The molecule has 3 aromatic carbocycles. The average molecular weight is 699 g/mol.